The molecular formula is C22H23N. The van der Waals surface area contributed by atoms with Crippen LogP contribution in [-0.4, -0.2) is 0 Å². The molecule has 1 heteroatoms. The number of hydrogen-bond acceptors (Lipinski definition) is 1. The summed E-state index contributed by atoms with van der Waals surface area (Å²) in [7, 11) is 0. The Bertz CT molecular complexity index is 765. The van der Waals surface area contributed by atoms with Crippen LogP contribution in [0.15, 0.2) is 78.9 Å². The summed E-state index contributed by atoms with van der Waals surface area (Å²) in [6.45, 7) is 6.73. The van der Waals surface area contributed by atoms with Crippen LogP contribution in [0.1, 0.15) is 26.3 Å². The molecule has 0 saturated carbocycles. The maximum absolute atomic E-state index is 3.45. The Morgan fingerprint density at radius 3 is 1.91 bits per heavy atom. The average Bonchev–Trinajstić information content (AvgIpc) is 2.55. The van der Waals surface area contributed by atoms with E-state index in [-0.39, 0.29) is 5.41 Å². The van der Waals surface area contributed by atoms with Crippen LogP contribution >= 0.6 is 0 Å². The summed E-state index contributed by atoms with van der Waals surface area (Å²) < 4.78 is 0. The first-order valence-corrected chi connectivity index (χ1v) is 8.05. The second-order valence-corrected chi connectivity index (χ2v) is 6.90. The molecule has 23 heavy (non-hydrogen) atoms. The zero-order valence-corrected chi connectivity index (χ0v) is 14.0. The van der Waals surface area contributed by atoms with E-state index < -0.39 is 0 Å². The fourth-order valence-electron chi connectivity index (χ4n) is 2.63. The minimum atomic E-state index is 0.190. The van der Waals surface area contributed by atoms with E-state index in [9.17, 15) is 0 Å². The van der Waals surface area contributed by atoms with Crippen LogP contribution in [0.25, 0.3) is 11.1 Å². The highest BCUT2D eigenvalue weighted by Gasteiger charge is 2.13. The van der Waals surface area contributed by atoms with E-state index >= 15 is 0 Å². The number of anilines is 2. The summed E-state index contributed by atoms with van der Waals surface area (Å²) in [6, 6.07) is 27.7. The molecule has 0 aliphatic heterocycles. The topological polar surface area (TPSA) is 12.0 Å². The van der Waals surface area contributed by atoms with Crippen LogP contribution in [0.5, 0.6) is 0 Å². The zero-order chi connectivity index (χ0) is 16.3. The van der Waals surface area contributed by atoms with Crippen molar-refractivity contribution in [3.05, 3.63) is 84.4 Å². The lowest BCUT2D eigenvalue weighted by Crippen LogP contribution is -2.10. The normalized spacial score (nSPS) is 11.3. The summed E-state index contributed by atoms with van der Waals surface area (Å²) in [6.07, 6.45) is 0. The Kier molecular flexibility index (Phi) is 4.20. The molecule has 0 bridgehead atoms. The van der Waals surface area contributed by atoms with Gasteiger partial charge in [-0.05, 0) is 46.4 Å². The minimum absolute atomic E-state index is 0.190. The summed E-state index contributed by atoms with van der Waals surface area (Å²) in [5.74, 6) is 0. The smallest absolute Gasteiger partial charge is 0.0390 e. The van der Waals surface area contributed by atoms with Crippen LogP contribution in [-0.2, 0) is 5.41 Å². The first kappa shape index (κ1) is 15.4. The third-order valence-corrected chi connectivity index (χ3v) is 4.01. The maximum atomic E-state index is 3.45. The van der Waals surface area contributed by atoms with Crippen molar-refractivity contribution in [2.24, 2.45) is 0 Å². The highest BCUT2D eigenvalue weighted by molar-refractivity contribution is 5.71. The molecule has 0 unspecified atom stereocenters. The predicted molar refractivity (Wildman–Crippen MR) is 100 cm³/mol. The maximum Gasteiger partial charge on any atom is 0.0390 e. The Hall–Kier alpha value is -2.54. The van der Waals surface area contributed by atoms with Crippen molar-refractivity contribution in [1.29, 1.82) is 0 Å². The second kappa shape index (κ2) is 6.29. The number of rotatable bonds is 3. The van der Waals surface area contributed by atoms with Gasteiger partial charge in [-0.2, -0.15) is 0 Å². The van der Waals surface area contributed by atoms with Gasteiger partial charge in [-0.1, -0.05) is 75.4 Å². The van der Waals surface area contributed by atoms with Crippen molar-refractivity contribution < 1.29 is 0 Å². The van der Waals surface area contributed by atoms with Gasteiger partial charge in [0.05, 0.1) is 0 Å². The SMILES string of the molecule is CC(C)(C)c1ccc(-c2cccc(Nc3ccccc3)c2)cc1. The van der Waals surface area contributed by atoms with E-state index in [1.54, 1.807) is 0 Å². The number of nitrogens with one attached hydrogen (secondary N) is 1. The molecule has 1 nitrogen and oxygen atoms in total. The van der Waals surface area contributed by atoms with Crippen molar-refractivity contribution in [2.45, 2.75) is 26.2 Å². The zero-order valence-electron chi connectivity index (χ0n) is 14.0. The predicted octanol–water partition coefficient (Wildman–Crippen LogP) is 6.39. The fourth-order valence-corrected chi connectivity index (χ4v) is 2.63. The molecule has 0 heterocycles. The molecule has 0 atom stereocenters. The van der Waals surface area contributed by atoms with Gasteiger partial charge >= 0.3 is 0 Å². The Balaban J connectivity index is 1.85. The quantitative estimate of drug-likeness (QED) is 0.590. The molecule has 0 amide bonds. The van der Waals surface area contributed by atoms with E-state index in [1.807, 2.05) is 18.2 Å². The van der Waals surface area contributed by atoms with Gasteiger partial charge < -0.3 is 5.32 Å². The highest BCUT2D eigenvalue weighted by atomic mass is 14.9. The average molecular weight is 301 g/mol. The van der Waals surface area contributed by atoms with Crippen LogP contribution in [0.3, 0.4) is 0 Å². The highest BCUT2D eigenvalue weighted by Crippen LogP contribution is 2.28. The molecule has 0 fully saturated rings. The van der Waals surface area contributed by atoms with E-state index in [4.69, 9.17) is 0 Å². The van der Waals surface area contributed by atoms with Gasteiger partial charge in [-0.25, -0.2) is 0 Å². The van der Waals surface area contributed by atoms with Crippen LogP contribution in [0.4, 0.5) is 11.4 Å². The number of benzene rings is 3. The van der Waals surface area contributed by atoms with Gasteiger partial charge in [0.25, 0.3) is 0 Å². The Labute approximate surface area is 139 Å². The number of hydrogen-bond donors (Lipinski definition) is 1. The molecule has 3 aromatic rings. The van der Waals surface area contributed by atoms with Crippen molar-refractivity contribution in [3.63, 3.8) is 0 Å². The molecule has 0 aliphatic rings. The van der Waals surface area contributed by atoms with Gasteiger partial charge in [0, 0.05) is 11.4 Å². The van der Waals surface area contributed by atoms with Crippen molar-refractivity contribution in [3.8, 4) is 11.1 Å². The van der Waals surface area contributed by atoms with Gasteiger partial charge in [-0.15, -0.1) is 0 Å². The monoisotopic (exact) mass is 301 g/mol. The van der Waals surface area contributed by atoms with Crippen molar-refractivity contribution in [2.75, 3.05) is 5.32 Å². The van der Waals surface area contributed by atoms with Crippen molar-refractivity contribution in [1.82, 2.24) is 0 Å². The van der Waals surface area contributed by atoms with Crippen LogP contribution in [0, 0.1) is 0 Å². The van der Waals surface area contributed by atoms with Crippen LogP contribution in [0.2, 0.25) is 0 Å². The molecular weight excluding hydrogens is 278 g/mol. The Morgan fingerprint density at radius 1 is 0.609 bits per heavy atom. The lowest BCUT2D eigenvalue weighted by molar-refractivity contribution is 0.590. The first-order chi connectivity index (χ1) is 11.0. The van der Waals surface area contributed by atoms with Gasteiger partial charge in [0.2, 0.25) is 0 Å². The van der Waals surface area contributed by atoms with Gasteiger partial charge in [-0.3, -0.25) is 0 Å². The summed E-state index contributed by atoms with van der Waals surface area (Å²) >= 11 is 0. The fraction of sp³-hybridized carbons (Fsp3) is 0.182. The summed E-state index contributed by atoms with van der Waals surface area (Å²) in [5.41, 5.74) is 6.23. The standard InChI is InChI=1S/C22H23N/c1-22(2,3)19-14-12-17(13-15-19)18-8-7-11-21(16-18)23-20-9-5-4-6-10-20/h4-16,23H,1-3H3. The van der Waals surface area contributed by atoms with E-state index in [1.165, 1.54) is 16.7 Å². The molecule has 0 aliphatic carbocycles. The number of para-hydroxylation sites is 1. The lowest BCUT2D eigenvalue weighted by Gasteiger charge is -2.19. The largest absolute Gasteiger partial charge is 0.356 e. The van der Waals surface area contributed by atoms with Crippen LogP contribution < -0.4 is 5.32 Å². The molecule has 0 spiro atoms. The molecule has 0 aromatic heterocycles. The minimum Gasteiger partial charge on any atom is -0.356 e. The molecule has 0 radical (unpaired) electrons. The van der Waals surface area contributed by atoms with Gasteiger partial charge in [0.15, 0.2) is 0 Å². The molecule has 3 aromatic carbocycles. The van der Waals surface area contributed by atoms with Crippen molar-refractivity contribution >= 4 is 11.4 Å². The third kappa shape index (κ3) is 3.81. The summed E-state index contributed by atoms with van der Waals surface area (Å²) in [4.78, 5) is 0. The first-order valence-electron chi connectivity index (χ1n) is 8.05. The summed E-state index contributed by atoms with van der Waals surface area (Å²) in [5, 5.41) is 3.45. The lowest BCUT2D eigenvalue weighted by atomic mass is 9.86. The third-order valence-electron chi connectivity index (χ3n) is 4.01. The molecule has 116 valence electrons. The molecule has 3 rings (SSSR count). The molecule has 0 saturated heterocycles. The van der Waals surface area contributed by atoms with Gasteiger partial charge in [0.1, 0.15) is 0 Å². The second-order valence-electron chi connectivity index (χ2n) is 6.90. The van der Waals surface area contributed by atoms with E-state index in [2.05, 4.69) is 86.8 Å². The van der Waals surface area contributed by atoms with E-state index in [0.29, 0.717) is 0 Å². The Morgan fingerprint density at radius 2 is 1.26 bits per heavy atom. The van der Waals surface area contributed by atoms with E-state index in [0.717, 1.165) is 11.4 Å². The molecule has 1 N–H and O–H groups in total.